The Morgan fingerprint density at radius 1 is 0.846 bits per heavy atom. The van der Waals surface area contributed by atoms with Gasteiger partial charge in [-0.05, 0) is 36.4 Å². The molecule has 0 aliphatic rings. The van der Waals surface area contributed by atoms with E-state index in [4.69, 9.17) is 0 Å². The molecule has 136 valence electrons. The third-order valence-electron chi connectivity index (χ3n) is 3.36. The number of aromatic nitrogens is 2. The Balaban J connectivity index is 1.96. The summed E-state index contributed by atoms with van der Waals surface area (Å²) in [5.74, 6) is -0.868. The summed E-state index contributed by atoms with van der Waals surface area (Å²) in [7, 11) is 0. The largest absolute Gasteiger partial charge is 0.416 e. The van der Waals surface area contributed by atoms with Gasteiger partial charge in [-0.25, -0.2) is 0 Å². The maximum Gasteiger partial charge on any atom is 0.416 e. The van der Waals surface area contributed by atoms with Crippen molar-refractivity contribution in [2.75, 3.05) is 5.32 Å². The fourth-order valence-corrected chi connectivity index (χ4v) is 2.67. The van der Waals surface area contributed by atoms with Gasteiger partial charge in [-0.2, -0.15) is 35.1 Å². The number of halogens is 6. The van der Waals surface area contributed by atoms with Crippen molar-refractivity contribution in [2.24, 2.45) is 0 Å². The third-order valence-corrected chi connectivity index (χ3v) is 3.92. The second kappa shape index (κ2) is 6.24. The smallest absolute Gasteiger partial charge is 0.322 e. The summed E-state index contributed by atoms with van der Waals surface area (Å²) in [6.07, 6.45) is -9.99. The highest BCUT2D eigenvalue weighted by molar-refractivity contribution is 7.00. The maximum atomic E-state index is 12.8. The molecule has 3 rings (SSSR count). The molecule has 1 heterocycles. The molecule has 4 nitrogen and oxygen atoms in total. The first-order valence-electron chi connectivity index (χ1n) is 6.87. The van der Waals surface area contributed by atoms with Gasteiger partial charge in [0.2, 0.25) is 0 Å². The Morgan fingerprint density at radius 2 is 1.42 bits per heavy atom. The Labute approximate surface area is 145 Å². The predicted octanol–water partition coefficient (Wildman–Crippen LogP) is 4.98. The Bertz CT molecular complexity index is 947. The summed E-state index contributed by atoms with van der Waals surface area (Å²) in [6, 6.07) is 5.03. The molecule has 0 aliphatic carbocycles. The van der Waals surface area contributed by atoms with E-state index in [2.05, 4.69) is 14.1 Å². The lowest BCUT2D eigenvalue weighted by Gasteiger charge is -2.14. The summed E-state index contributed by atoms with van der Waals surface area (Å²) in [6.45, 7) is 0. The molecule has 2 aromatic carbocycles. The zero-order valence-corrected chi connectivity index (χ0v) is 13.3. The van der Waals surface area contributed by atoms with Crippen LogP contribution < -0.4 is 5.32 Å². The number of benzene rings is 2. The van der Waals surface area contributed by atoms with Gasteiger partial charge < -0.3 is 5.32 Å². The van der Waals surface area contributed by atoms with Crippen LogP contribution in [-0.2, 0) is 12.4 Å². The second-order valence-electron chi connectivity index (χ2n) is 5.22. The monoisotopic (exact) mass is 391 g/mol. The van der Waals surface area contributed by atoms with Crippen LogP contribution in [0.1, 0.15) is 21.5 Å². The normalized spacial score (nSPS) is 12.4. The van der Waals surface area contributed by atoms with Gasteiger partial charge in [0.15, 0.2) is 0 Å². The van der Waals surface area contributed by atoms with Gasteiger partial charge in [-0.15, -0.1) is 0 Å². The number of anilines is 1. The fourth-order valence-electron chi connectivity index (χ4n) is 2.15. The third kappa shape index (κ3) is 3.77. The second-order valence-corrected chi connectivity index (χ2v) is 5.74. The molecule has 1 N–H and O–H groups in total. The molecule has 0 saturated carbocycles. The number of fused-ring (bicyclic) bond motifs is 1. The van der Waals surface area contributed by atoms with Gasteiger partial charge >= 0.3 is 12.4 Å². The van der Waals surface area contributed by atoms with Crippen molar-refractivity contribution in [3.63, 3.8) is 0 Å². The highest BCUT2D eigenvalue weighted by Gasteiger charge is 2.37. The van der Waals surface area contributed by atoms with Crippen molar-refractivity contribution in [1.29, 1.82) is 0 Å². The van der Waals surface area contributed by atoms with Crippen molar-refractivity contribution in [3.05, 3.63) is 53.1 Å². The van der Waals surface area contributed by atoms with Crippen LogP contribution in [0.4, 0.5) is 32.0 Å². The quantitative estimate of drug-likeness (QED) is 0.627. The molecule has 1 aromatic heterocycles. The van der Waals surface area contributed by atoms with Crippen molar-refractivity contribution in [1.82, 2.24) is 8.75 Å². The number of hydrogen-bond acceptors (Lipinski definition) is 4. The minimum Gasteiger partial charge on any atom is -0.322 e. The maximum absolute atomic E-state index is 12.8. The first kappa shape index (κ1) is 18.1. The van der Waals surface area contributed by atoms with Crippen LogP contribution >= 0.6 is 11.7 Å². The SMILES string of the molecule is O=C(Nc1cc(C(F)(F)F)cc(C(F)(F)F)c1)c1ccc2nsnc2c1. The van der Waals surface area contributed by atoms with E-state index in [1.165, 1.54) is 18.2 Å². The van der Waals surface area contributed by atoms with Crippen LogP contribution in [0, 0.1) is 0 Å². The molecule has 0 unspecified atom stereocenters. The molecule has 3 aromatic rings. The lowest BCUT2D eigenvalue weighted by molar-refractivity contribution is -0.143. The number of alkyl halides is 6. The van der Waals surface area contributed by atoms with Gasteiger partial charge in [0.25, 0.3) is 5.91 Å². The highest BCUT2D eigenvalue weighted by Crippen LogP contribution is 2.37. The van der Waals surface area contributed by atoms with Crippen LogP contribution in [0.2, 0.25) is 0 Å². The van der Waals surface area contributed by atoms with Crippen LogP contribution in [0.3, 0.4) is 0 Å². The average molecular weight is 391 g/mol. The number of carbonyl (C=O) groups excluding carboxylic acids is 1. The molecule has 0 aliphatic heterocycles. The standard InChI is InChI=1S/C15H7F6N3OS/c16-14(17,18)8-4-9(15(19,20)21)6-10(5-8)22-13(25)7-1-2-11-12(3-7)24-26-23-11/h1-6H,(H,22,25). The summed E-state index contributed by atoms with van der Waals surface area (Å²) >= 11 is 0.905. The molecule has 1 amide bonds. The highest BCUT2D eigenvalue weighted by atomic mass is 32.1. The molecule has 26 heavy (non-hydrogen) atoms. The Kier molecular flexibility index (Phi) is 4.34. The number of amides is 1. The Hall–Kier alpha value is -2.69. The van der Waals surface area contributed by atoms with Crippen molar-refractivity contribution < 1.29 is 31.1 Å². The first-order chi connectivity index (χ1) is 12.0. The first-order valence-corrected chi connectivity index (χ1v) is 7.60. The topological polar surface area (TPSA) is 54.9 Å². The van der Waals surface area contributed by atoms with E-state index >= 15 is 0 Å². The predicted molar refractivity (Wildman–Crippen MR) is 81.8 cm³/mol. The lowest BCUT2D eigenvalue weighted by Crippen LogP contribution is -2.15. The van der Waals surface area contributed by atoms with Crippen LogP contribution in [0.5, 0.6) is 0 Å². The minimum atomic E-state index is -4.99. The van der Waals surface area contributed by atoms with Crippen molar-refractivity contribution in [2.45, 2.75) is 12.4 Å². The van der Waals surface area contributed by atoms with E-state index in [0.29, 0.717) is 23.2 Å². The van der Waals surface area contributed by atoms with Gasteiger partial charge in [0, 0.05) is 11.3 Å². The number of hydrogen-bond donors (Lipinski definition) is 1. The molecule has 0 bridgehead atoms. The fraction of sp³-hybridized carbons (Fsp3) is 0.133. The van der Waals surface area contributed by atoms with Gasteiger partial charge in [0.05, 0.1) is 22.9 Å². The number of nitrogens with zero attached hydrogens (tertiary/aromatic N) is 2. The number of rotatable bonds is 2. The van der Waals surface area contributed by atoms with Gasteiger partial charge in [0.1, 0.15) is 11.0 Å². The zero-order valence-electron chi connectivity index (χ0n) is 12.4. The molecular formula is C15H7F6N3OS. The summed E-state index contributed by atoms with van der Waals surface area (Å²) in [5, 5.41) is 2.06. The van der Waals surface area contributed by atoms with E-state index < -0.39 is 35.1 Å². The van der Waals surface area contributed by atoms with E-state index in [1.807, 2.05) is 0 Å². The number of carbonyl (C=O) groups is 1. The van der Waals surface area contributed by atoms with E-state index in [-0.39, 0.29) is 11.6 Å². The summed E-state index contributed by atoms with van der Waals surface area (Å²) in [5.41, 5.74) is -2.71. The van der Waals surface area contributed by atoms with Crippen LogP contribution in [-0.4, -0.2) is 14.7 Å². The summed E-state index contributed by atoms with van der Waals surface area (Å²) < 4.78 is 84.9. The van der Waals surface area contributed by atoms with Crippen molar-refractivity contribution in [3.8, 4) is 0 Å². The van der Waals surface area contributed by atoms with Crippen LogP contribution in [0.15, 0.2) is 36.4 Å². The minimum absolute atomic E-state index is 0.0113. The van der Waals surface area contributed by atoms with Crippen LogP contribution in [0.25, 0.3) is 11.0 Å². The van der Waals surface area contributed by atoms with E-state index in [0.717, 1.165) is 11.7 Å². The van der Waals surface area contributed by atoms with Gasteiger partial charge in [-0.1, -0.05) is 0 Å². The molecule has 0 saturated heterocycles. The van der Waals surface area contributed by atoms with E-state index in [9.17, 15) is 31.1 Å². The average Bonchev–Trinajstić information content (AvgIpc) is 3.00. The molecule has 0 fully saturated rings. The molecule has 0 radical (unpaired) electrons. The van der Waals surface area contributed by atoms with Crippen molar-refractivity contribution >= 4 is 34.4 Å². The summed E-state index contributed by atoms with van der Waals surface area (Å²) in [4.78, 5) is 12.2. The van der Waals surface area contributed by atoms with E-state index in [1.54, 1.807) is 0 Å². The van der Waals surface area contributed by atoms with Gasteiger partial charge in [-0.3, -0.25) is 4.79 Å². The zero-order chi connectivity index (χ0) is 19.1. The molecular weight excluding hydrogens is 384 g/mol. The lowest BCUT2D eigenvalue weighted by atomic mass is 10.1. The number of nitrogens with one attached hydrogen (secondary N) is 1. The molecule has 11 heteroatoms. The molecule has 0 spiro atoms. The Morgan fingerprint density at radius 3 is 2.00 bits per heavy atom. The molecule has 0 atom stereocenters.